The molecule has 0 aliphatic heterocycles. The number of aliphatic hydroxyl groups is 1. The van der Waals surface area contributed by atoms with Gasteiger partial charge in [0.05, 0.1) is 6.10 Å². The van der Waals surface area contributed by atoms with Crippen LogP contribution in [0, 0.1) is 5.82 Å². The first-order valence-electron chi connectivity index (χ1n) is 6.02. The molecule has 0 aliphatic rings. The number of aliphatic hydroxyl groups excluding tert-OH is 1. The van der Waals surface area contributed by atoms with Crippen LogP contribution in [0.2, 0.25) is 0 Å². The van der Waals surface area contributed by atoms with Gasteiger partial charge in [-0.1, -0.05) is 40.2 Å². The fourth-order valence-corrected chi connectivity index (χ4v) is 2.21. The van der Waals surface area contributed by atoms with Crippen molar-refractivity contribution in [3.05, 3.63) is 63.9 Å². The molecule has 0 saturated carbocycles. The van der Waals surface area contributed by atoms with Crippen molar-refractivity contribution in [1.82, 2.24) is 0 Å². The number of hydrogen-bond donors (Lipinski definition) is 2. The Morgan fingerprint density at radius 1 is 1.26 bits per heavy atom. The number of halogens is 2. The lowest BCUT2D eigenvalue weighted by atomic mass is 10.1. The first kappa shape index (κ1) is 14.0. The van der Waals surface area contributed by atoms with Gasteiger partial charge >= 0.3 is 0 Å². The van der Waals surface area contributed by atoms with Crippen molar-refractivity contribution >= 4 is 21.6 Å². The Bertz CT molecular complexity index is 572. The van der Waals surface area contributed by atoms with Gasteiger partial charge in [0, 0.05) is 27.8 Å². The third kappa shape index (κ3) is 3.55. The molecule has 2 rings (SSSR count). The van der Waals surface area contributed by atoms with Crippen LogP contribution in [0.4, 0.5) is 10.1 Å². The highest BCUT2D eigenvalue weighted by Gasteiger charge is 2.08. The van der Waals surface area contributed by atoms with Crippen LogP contribution < -0.4 is 5.32 Å². The van der Waals surface area contributed by atoms with Crippen molar-refractivity contribution in [2.45, 2.75) is 19.6 Å². The highest BCUT2D eigenvalue weighted by atomic mass is 79.9. The Kier molecular flexibility index (Phi) is 4.56. The van der Waals surface area contributed by atoms with Crippen LogP contribution in [0.15, 0.2) is 46.9 Å². The van der Waals surface area contributed by atoms with Crippen LogP contribution in [0.5, 0.6) is 0 Å². The Morgan fingerprint density at radius 3 is 2.68 bits per heavy atom. The number of para-hydroxylation sites is 1. The van der Waals surface area contributed by atoms with Crippen molar-refractivity contribution in [2.24, 2.45) is 0 Å². The van der Waals surface area contributed by atoms with Crippen LogP contribution in [0.1, 0.15) is 24.2 Å². The molecule has 2 aromatic rings. The topological polar surface area (TPSA) is 32.3 Å². The van der Waals surface area contributed by atoms with Crippen molar-refractivity contribution in [3.8, 4) is 0 Å². The first-order chi connectivity index (χ1) is 9.08. The van der Waals surface area contributed by atoms with Gasteiger partial charge in [-0.25, -0.2) is 4.39 Å². The Morgan fingerprint density at radius 2 is 2.00 bits per heavy atom. The molecular formula is C15H15BrFNO. The third-order valence-electron chi connectivity index (χ3n) is 2.90. The minimum absolute atomic E-state index is 0.253. The lowest BCUT2D eigenvalue weighted by Crippen LogP contribution is -2.05. The summed E-state index contributed by atoms with van der Waals surface area (Å²) in [6.45, 7) is 2.09. The normalized spacial score (nSPS) is 12.2. The van der Waals surface area contributed by atoms with Gasteiger partial charge in [0.15, 0.2) is 0 Å². The Hall–Kier alpha value is -1.39. The average molecular weight is 324 g/mol. The summed E-state index contributed by atoms with van der Waals surface area (Å²) in [5, 5.41) is 12.8. The summed E-state index contributed by atoms with van der Waals surface area (Å²) < 4.78 is 14.4. The number of nitrogens with one attached hydrogen (secondary N) is 1. The third-order valence-corrected chi connectivity index (χ3v) is 3.39. The highest BCUT2D eigenvalue weighted by molar-refractivity contribution is 9.10. The molecule has 0 amide bonds. The summed E-state index contributed by atoms with van der Waals surface area (Å²) in [5.41, 5.74) is 2.21. The van der Waals surface area contributed by atoms with E-state index in [9.17, 15) is 9.50 Å². The second-order valence-electron chi connectivity index (χ2n) is 4.35. The van der Waals surface area contributed by atoms with Gasteiger partial charge in [-0.05, 0) is 25.1 Å². The fraction of sp³-hybridized carbons (Fsp3) is 0.200. The molecule has 100 valence electrons. The van der Waals surface area contributed by atoms with Crippen molar-refractivity contribution in [1.29, 1.82) is 0 Å². The summed E-state index contributed by atoms with van der Waals surface area (Å²) in [6, 6.07) is 12.5. The summed E-state index contributed by atoms with van der Waals surface area (Å²) in [4.78, 5) is 0. The molecule has 0 aromatic heterocycles. The van der Waals surface area contributed by atoms with Gasteiger partial charge in [0.1, 0.15) is 5.82 Å². The van der Waals surface area contributed by atoms with E-state index in [1.807, 2.05) is 24.3 Å². The molecule has 0 radical (unpaired) electrons. The highest BCUT2D eigenvalue weighted by Crippen LogP contribution is 2.23. The number of hydrogen-bond acceptors (Lipinski definition) is 2. The van der Waals surface area contributed by atoms with Crippen LogP contribution in [-0.4, -0.2) is 5.11 Å². The maximum absolute atomic E-state index is 13.7. The molecule has 0 bridgehead atoms. The van der Waals surface area contributed by atoms with Crippen molar-refractivity contribution in [3.63, 3.8) is 0 Å². The molecule has 2 N–H and O–H groups in total. The molecular weight excluding hydrogens is 309 g/mol. The van der Waals surface area contributed by atoms with E-state index in [1.54, 1.807) is 19.1 Å². The van der Waals surface area contributed by atoms with E-state index in [0.29, 0.717) is 12.1 Å². The minimum atomic E-state index is -0.557. The Balaban J connectivity index is 2.14. The van der Waals surface area contributed by atoms with E-state index < -0.39 is 6.10 Å². The van der Waals surface area contributed by atoms with Crippen LogP contribution in [0.25, 0.3) is 0 Å². The first-order valence-corrected chi connectivity index (χ1v) is 6.82. The Labute approximate surface area is 120 Å². The molecule has 2 nitrogen and oxygen atoms in total. The predicted molar refractivity (Wildman–Crippen MR) is 78.5 cm³/mol. The van der Waals surface area contributed by atoms with E-state index in [0.717, 1.165) is 15.7 Å². The molecule has 0 aliphatic carbocycles. The summed E-state index contributed by atoms with van der Waals surface area (Å²) in [7, 11) is 0. The number of anilines is 1. The molecule has 1 unspecified atom stereocenters. The SMILES string of the molecule is CC(O)c1ccccc1NCc1ccc(Br)cc1F. The molecule has 0 spiro atoms. The smallest absolute Gasteiger partial charge is 0.129 e. The van der Waals surface area contributed by atoms with Gasteiger partial charge in [-0.15, -0.1) is 0 Å². The quantitative estimate of drug-likeness (QED) is 0.881. The molecule has 0 saturated heterocycles. The molecule has 4 heteroatoms. The lowest BCUT2D eigenvalue weighted by Gasteiger charge is -2.14. The molecule has 0 fully saturated rings. The number of rotatable bonds is 4. The van der Waals surface area contributed by atoms with Crippen LogP contribution in [0.3, 0.4) is 0 Å². The van der Waals surface area contributed by atoms with E-state index in [2.05, 4.69) is 21.2 Å². The second kappa shape index (κ2) is 6.17. The summed E-state index contributed by atoms with van der Waals surface area (Å²) in [5.74, 6) is -0.253. The van der Waals surface area contributed by atoms with Crippen molar-refractivity contribution < 1.29 is 9.50 Å². The summed E-state index contributed by atoms with van der Waals surface area (Å²) >= 11 is 3.23. The van der Waals surface area contributed by atoms with E-state index >= 15 is 0 Å². The zero-order valence-corrected chi connectivity index (χ0v) is 12.1. The van der Waals surface area contributed by atoms with Crippen LogP contribution in [-0.2, 0) is 6.54 Å². The summed E-state index contributed by atoms with van der Waals surface area (Å²) in [6.07, 6.45) is -0.557. The zero-order chi connectivity index (χ0) is 13.8. The fourth-order valence-electron chi connectivity index (χ4n) is 1.88. The zero-order valence-electron chi connectivity index (χ0n) is 10.5. The molecule has 19 heavy (non-hydrogen) atoms. The van der Waals surface area contributed by atoms with Gasteiger partial charge in [-0.3, -0.25) is 0 Å². The monoisotopic (exact) mass is 323 g/mol. The maximum atomic E-state index is 13.7. The maximum Gasteiger partial charge on any atom is 0.129 e. The van der Waals surface area contributed by atoms with Gasteiger partial charge < -0.3 is 10.4 Å². The minimum Gasteiger partial charge on any atom is -0.389 e. The van der Waals surface area contributed by atoms with Crippen LogP contribution >= 0.6 is 15.9 Å². The predicted octanol–water partition coefficient (Wildman–Crippen LogP) is 4.25. The largest absolute Gasteiger partial charge is 0.389 e. The van der Waals surface area contributed by atoms with E-state index in [4.69, 9.17) is 0 Å². The van der Waals surface area contributed by atoms with E-state index in [1.165, 1.54) is 6.07 Å². The van der Waals surface area contributed by atoms with Gasteiger partial charge in [0.2, 0.25) is 0 Å². The average Bonchev–Trinajstić information content (AvgIpc) is 2.38. The number of benzene rings is 2. The van der Waals surface area contributed by atoms with E-state index in [-0.39, 0.29) is 5.82 Å². The van der Waals surface area contributed by atoms with Crippen molar-refractivity contribution in [2.75, 3.05) is 5.32 Å². The van der Waals surface area contributed by atoms with Gasteiger partial charge in [0.25, 0.3) is 0 Å². The molecule has 2 aromatic carbocycles. The standard InChI is InChI=1S/C15H15BrFNO/c1-10(19)13-4-2-3-5-15(13)18-9-11-6-7-12(16)8-14(11)17/h2-8,10,18-19H,9H2,1H3. The molecule has 1 atom stereocenters. The molecule has 0 heterocycles. The van der Waals surface area contributed by atoms with Gasteiger partial charge in [-0.2, -0.15) is 0 Å². The lowest BCUT2D eigenvalue weighted by molar-refractivity contribution is 0.200. The second-order valence-corrected chi connectivity index (χ2v) is 5.27.